The molecule has 21 heavy (non-hydrogen) atoms. The number of aliphatic imine (C=N–C) groups is 1. The SMILES string of the molecule is CCNC(=NCCNc1ccc([N+](=O)[O-])cc1)NC1CC1. The van der Waals surface area contributed by atoms with Gasteiger partial charge in [-0.3, -0.25) is 15.1 Å². The molecule has 1 fully saturated rings. The lowest BCUT2D eigenvalue weighted by molar-refractivity contribution is -0.384. The van der Waals surface area contributed by atoms with Crippen LogP contribution in [0, 0.1) is 10.1 Å². The van der Waals surface area contributed by atoms with Gasteiger partial charge in [-0.1, -0.05) is 0 Å². The number of nitro benzene ring substituents is 1. The number of nitrogens with zero attached hydrogens (tertiary/aromatic N) is 2. The summed E-state index contributed by atoms with van der Waals surface area (Å²) in [6.45, 7) is 4.20. The number of nitro groups is 1. The number of non-ortho nitro benzene ring substituents is 1. The fourth-order valence-corrected chi connectivity index (χ4v) is 1.81. The van der Waals surface area contributed by atoms with E-state index >= 15 is 0 Å². The van der Waals surface area contributed by atoms with Crippen LogP contribution in [0.1, 0.15) is 19.8 Å². The van der Waals surface area contributed by atoms with E-state index in [0.717, 1.165) is 18.2 Å². The molecule has 0 bridgehead atoms. The number of rotatable bonds is 7. The molecule has 7 heteroatoms. The van der Waals surface area contributed by atoms with Crippen molar-refractivity contribution >= 4 is 17.3 Å². The number of guanidine groups is 1. The van der Waals surface area contributed by atoms with Crippen molar-refractivity contribution in [2.75, 3.05) is 25.0 Å². The minimum Gasteiger partial charge on any atom is -0.383 e. The maximum Gasteiger partial charge on any atom is 0.269 e. The van der Waals surface area contributed by atoms with Crippen LogP contribution in [0.25, 0.3) is 0 Å². The van der Waals surface area contributed by atoms with Crippen LogP contribution in [-0.4, -0.2) is 36.6 Å². The Bertz CT molecular complexity index is 497. The summed E-state index contributed by atoms with van der Waals surface area (Å²) < 4.78 is 0. The zero-order valence-corrected chi connectivity index (χ0v) is 12.1. The van der Waals surface area contributed by atoms with Crippen molar-refractivity contribution in [3.05, 3.63) is 34.4 Å². The van der Waals surface area contributed by atoms with Crippen LogP contribution < -0.4 is 16.0 Å². The largest absolute Gasteiger partial charge is 0.383 e. The standard InChI is InChI=1S/C14H21N5O2/c1-2-15-14(18-12-3-4-12)17-10-9-16-11-5-7-13(8-6-11)19(20)21/h5-8,12,16H,2-4,9-10H2,1H3,(H2,15,17,18). The number of hydrogen-bond acceptors (Lipinski definition) is 4. The van der Waals surface area contributed by atoms with E-state index in [0.29, 0.717) is 19.1 Å². The molecule has 0 aliphatic heterocycles. The summed E-state index contributed by atoms with van der Waals surface area (Å²) >= 11 is 0. The highest BCUT2D eigenvalue weighted by Gasteiger charge is 2.21. The molecule has 1 aromatic rings. The van der Waals surface area contributed by atoms with E-state index < -0.39 is 4.92 Å². The predicted molar refractivity (Wildman–Crippen MR) is 83.7 cm³/mol. The van der Waals surface area contributed by atoms with Gasteiger partial charge in [0.25, 0.3) is 5.69 Å². The molecule has 7 nitrogen and oxygen atoms in total. The molecule has 114 valence electrons. The Kier molecular flexibility index (Phi) is 5.36. The zero-order chi connectivity index (χ0) is 15.1. The second-order valence-corrected chi connectivity index (χ2v) is 4.91. The maximum absolute atomic E-state index is 10.6. The first-order valence-electron chi connectivity index (χ1n) is 7.22. The van der Waals surface area contributed by atoms with E-state index in [-0.39, 0.29) is 5.69 Å². The zero-order valence-electron chi connectivity index (χ0n) is 12.1. The molecule has 0 unspecified atom stereocenters. The Balaban J connectivity index is 1.75. The molecule has 0 amide bonds. The van der Waals surface area contributed by atoms with Gasteiger partial charge in [-0.15, -0.1) is 0 Å². The van der Waals surface area contributed by atoms with Crippen LogP contribution in [0.15, 0.2) is 29.3 Å². The van der Waals surface area contributed by atoms with Gasteiger partial charge < -0.3 is 16.0 Å². The van der Waals surface area contributed by atoms with Crippen molar-refractivity contribution in [2.24, 2.45) is 4.99 Å². The average molecular weight is 291 g/mol. The van der Waals surface area contributed by atoms with Crippen LogP contribution in [0.4, 0.5) is 11.4 Å². The third kappa shape index (κ3) is 5.29. The van der Waals surface area contributed by atoms with Crippen LogP contribution >= 0.6 is 0 Å². The fraction of sp³-hybridized carbons (Fsp3) is 0.500. The average Bonchev–Trinajstić information content (AvgIpc) is 3.28. The molecule has 1 aliphatic rings. The molecule has 0 radical (unpaired) electrons. The Hall–Kier alpha value is -2.31. The van der Waals surface area contributed by atoms with Crippen LogP contribution in [0.3, 0.4) is 0 Å². The van der Waals surface area contributed by atoms with Crippen molar-refractivity contribution in [2.45, 2.75) is 25.8 Å². The Morgan fingerprint density at radius 1 is 1.38 bits per heavy atom. The third-order valence-corrected chi connectivity index (χ3v) is 3.05. The lowest BCUT2D eigenvalue weighted by Gasteiger charge is -2.10. The third-order valence-electron chi connectivity index (χ3n) is 3.05. The van der Waals surface area contributed by atoms with Crippen molar-refractivity contribution < 1.29 is 4.92 Å². The first-order chi connectivity index (χ1) is 10.2. The molecular weight excluding hydrogens is 270 g/mol. The van der Waals surface area contributed by atoms with Crippen molar-refractivity contribution in [3.63, 3.8) is 0 Å². The smallest absolute Gasteiger partial charge is 0.269 e. The Morgan fingerprint density at radius 3 is 2.67 bits per heavy atom. The number of anilines is 1. The minimum absolute atomic E-state index is 0.0987. The molecular formula is C14H21N5O2. The Labute approximate surface area is 124 Å². The quantitative estimate of drug-likeness (QED) is 0.234. The van der Waals surface area contributed by atoms with E-state index in [2.05, 4.69) is 20.9 Å². The van der Waals surface area contributed by atoms with Gasteiger partial charge in [0, 0.05) is 37.0 Å². The maximum atomic E-state index is 10.6. The molecule has 0 aromatic heterocycles. The van der Waals surface area contributed by atoms with Gasteiger partial charge in [0.2, 0.25) is 0 Å². The monoisotopic (exact) mass is 291 g/mol. The normalized spacial score (nSPS) is 14.6. The summed E-state index contributed by atoms with van der Waals surface area (Å²) in [7, 11) is 0. The molecule has 1 saturated carbocycles. The van der Waals surface area contributed by atoms with Gasteiger partial charge in [-0.25, -0.2) is 0 Å². The molecule has 0 atom stereocenters. The number of nitrogens with one attached hydrogen (secondary N) is 3. The van der Waals surface area contributed by atoms with Gasteiger partial charge >= 0.3 is 0 Å². The summed E-state index contributed by atoms with van der Waals surface area (Å²) in [6.07, 6.45) is 2.43. The van der Waals surface area contributed by atoms with Crippen molar-refractivity contribution in [3.8, 4) is 0 Å². The second kappa shape index (κ2) is 7.47. The van der Waals surface area contributed by atoms with Crippen LogP contribution in [0.2, 0.25) is 0 Å². The summed E-state index contributed by atoms with van der Waals surface area (Å²) in [5.41, 5.74) is 0.956. The van der Waals surface area contributed by atoms with E-state index in [4.69, 9.17) is 0 Å². The van der Waals surface area contributed by atoms with Gasteiger partial charge in [-0.2, -0.15) is 0 Å². The van der Waals surface area contributed by atoms with E-state index in [9.17, 15) is 10.1 Å². The molecule has 1 aromatic carbocycles. The van der Waals surface area contributed by atoms with Crippen LogP contribution in [-0.2, 0) is 0 Å². The van der Waals surface area contributed by atoms with Gasteiger partial charge in [0.15, 0.2) is 5.96 Å². The van der Waals surface area contributed by atoms with Gasteiger partial charge in [0.1, 0.15) is 0 Å². The fourth-order valence-electron chi connectivity index (χ4n) is 1.81. The summed E-state index contributed by atoms with van der Waals surface area (Å²) in [4.78, 5) is 14.6. The highest BCUT2D eigenvalue weighted by molar-refractivity contribution is 5.80. The summed E-state index contributed by atoms with van der Waals surface area (Å²) in [6, 6.07) is 6.96. The van der Waals surface area contributed by atoms with Crippen molar-refractivity contribution in [1.29, 1.82) is 0 Å². The number of benzene rings is 1. The second-order valence-electron chi connectivity index (χ2n) is 4.91. The Morgan fingerprint density at radius 2 is 2.10 bits per heavy atom. The van der Waals surface area contributed by atoms with E-state index in [1.54, 1.807) is 12.1 Å². The minimum atomic E-state index is -0.402. The first-order valence-corrected chi connectivity index (χ1v) is 7.22. The lowest BCUT2D eigenvalue weighted by Crippen LogP contribution is -2.38. The van der Waals surface area contributed by atoms with Crippen molar-refractivity contribution in [1.82, 2.24) is 10.6 Å². The molecule has 0 spiro atoms. The van der Waals surface area contributed by atoms with Gasteiger partial charge in [-0.05, 0) is 31.9 Å². The number of hydrogen-bond donors (Lipinski definition) is 3. The van der Waals surface area contributed by atoms with Crippen LogP contribution in [0.5, 0.6) is 0 Å². The van der Waals surface area contributed by atoms with Gasteiger partial charge in [0.05, 0.1) is 11.5 Å². The summed E-state index contributed by atoms with van der Waals surface area (Å²) in [5, 5.41) is 20.3. The highest BCUT2D eigenvalue weighted by atomic mass is 16.6. The molecule has 0 saturated heterocycles. The highest BCUT2D eigenvalue weighted by Crippen LogP contribution is 2.18. The van der Waals surface area contributed by atoms with E-state index in [1.165, 1.54) is 25.0 Å². The summed E-state index contributed by atoms with van der Waals surface area (Å²) in [5.74, 6) is 0.852. The molecule has 0 heterocycles. The molecule has 3 N–H and O–H groups in total. The molecule has 2 rings (SSSR count). The lowest BCUT2D eigenvalue weighted by atomic mass is 10.3. The van der Waals surface area contributed by atoms with E-state index in [1.807, 2.05) is 6.92 Å². The molecule has 1 aliphatic carbocycles. The first kappa shape index (κ1) is 15.1. The predicted octanol–water partition coefficient (Wildman–Crippen LogP) is 1.72. The topological polar surface area (TPSA) is 91.6 Å².